The lowest BCUT2D eigenvalue weighted by molar-refractivity contribution is -0.141. The fraction of sp³-hybridized carbons (Fsp3) is 0.143. The standard InChI is InChI=1S/C21H19N5O3/c1-29-19(27)11-18(14-7-3-2-4-8-14)26-13-15(12-22-26)23-21(28)20-16-9-5-6-10-17(16)24-25-20/h2-10,12-13,18H,11H2,1H3,(H,23,28)(H,24,25). The zero-order valence-electron chi connectivity index (χ0n) is 15.7. The molecule has 1 atom stereocenters. The molecule has 0 aliphatic rings. The smallest absolute Gasteiger partial charge is 0.308 e. The Bertz CT molecular complexity index is 1150. The number of carbonyl (C=O) groups is 2. The van der Waals surface area contributed by atoms with E-state index in [1.165, 1.54) is 7.11 Å². The Kier molecular flexibility index (Phi) is 5.07. The van der Waals surface area contributed by atoms with Gasteiger partial charge in [-0.1, -0.05) is 48.5 Å². The molecule has 8 heteroatoms. The summed E-state index contributed by atoms with van der Waals surface area (Å²) < 4.78 is 6.47. The number of fused-ring (bicyclic) bond motifs is 1. The van der Waals surface area contributed by atoms with Crippen LogP contribution in [0.3, 0.4) is 0 Å². The molecule has 1 amide bonds. The number of ether oxygens (including phenoxy) is 1. The van der Waals surface area contributed by atoms with Crippen LogP contribution >= 0.6 is 0 Å². The summed E-state index contributed by atoms with van der Waals surface area (Å²) >= 11 is 0. The third-order valence-corrected chi connectivity index (χ3v) is 4.64. The molecule has 2 N–H and O–H groups in total. The van der Waals surface area contributed by atoms with Gasteiger partial charge in [0.2, 0.25) is 0 Å². The highest BCUT2D eigenvalue weighted by Gasteiger charge is 2.20. The van der Waals surface area contributed by atoms with Gasteiger partial charge < -0.3 is 10.1 Å². The quantitative estimate of drug-likeness (QED) is 0.493. The predicted octanol–water partition coefficient (Wildman–Crippen LogP) is 3.16. The van der Waals surface area contributed by atoms with Crippen LogP contribution in [0.1, 0.15) is 28.5 Å². The monoisotopic (exact) mass is 389 g/mol. The lowest BCUT2D eigenvalue weighted by Crippen LogP contribution is -2.17. The molecule has 2 heterocycles. The van der Waals surface area contributed by atoms with Crippen molar-refractivity contribution in [2.45, 2.75) is 12.5 Å². The summed E-state index contributed by atoms with van der Waals surface area (Å²) in [6.45, 7) is 0. The molecule has 2 aromatic carbocycles. The van der Waals surface area contributed by atoms with Crippen LogP contribution in [0.4, 0.5) is 5.69 Å². The highest BCUT2D eigenvalue weighted by molar-refractivity contribution is 6.10. The summed E-state index contributed by atoms with van der Waals surface area (Å²) in [5, 5.41) is 14.8. The number of nitrogens with zero attached hydrogens (tertiary/aromatic N) is 3. The molecule has 0 saturated carbocycles. The maximum atomic E-state index is 12.7. The topological polar surface area (TPSA) is 102 Å². The molecule has 0 aliphatic heterocycles. The summed E-state index contributed by atoms with van der Waals surface area (Å²) in [4.78, 5) is 24.5. The molecule has 0 fully saturated rings. The number of rotatable bonds is 6. The van der Waals surface area contributed by atoms with E-state index in [4.69, 9.17) is 4.74 Å². The van der Waals surface area contributed by atoms with Crippen molar-refractivity contribution in [3.63, 3.8) is 0 Å². The summed E-state index contributed by atoms with van der Waals surface area (Å²) in [6, 6.07) is 16.6. The molecule has 0 aliphatic carbocycles. The molecule has 1 unspecified atom stereocenters. The Morgan fingerprint density at radius 3 is 2.69 bits per heavy atom. The van der Waals surface area contributed by atoms with Gasteiger partial charge in [-0.2, -0.15) is 10.2 Å². The molecular weight excluding hydrogens is 370 g/mol. The first kappa shape index (κ1) is 18.4. The summed E-state index contributed by atoms with van der Waals surface area (Å²) in [7, 11) is 1.35. The molecule has 0 radical (unpaired) electrons. The first-order valence-corrected chi connectivity index (χ1v) is 9.06. The maximum absolute atomic E-state index is 12.7. The number of aromatic nitrogens is 4. The van der Waals surface area contributed by atoms with E-state index in [9.17, 15) is 9.59 Å². The van der Waals surface area contributed by atoms with Gasteiger partial charge in [0.25, 0.3) is 5.91 Å². The maximum Gasteiger partial charge on any atom is 0.308 e. The van der Waals surface area contributed by atoms with Crippen LogP contribution in [-0.2, 0) is 9.53 Å². The lowest BCUT2D eigenvalue weighted by atomic mass is 10.0. The molecule has 0 bridgehead atoms. The third-order valence-electron chi connectivity index (χ3n) is 4.64. The second-order valence-electron chi connectivity index (χ2n) is 6.49. The van der Waals surface area contributed by atoms with Crippen molar-refractivity contribution in [3.05, 3.63) is 78.2 Å². The van der Waals surface area contributed by atoms with Crippen molar-refractivity contribution < 1.29 is 14.3 Å². The Morgan fingerprint density at radius 1 is 1.14 bits per heavy atom. The largest absolute Gasteiger partial charge is 0.469 e. The highest BCUT2D eigenvalue weighted by Crippen LogP contribution is 2.24. The van der Waals surface area contributed by atoms with Gasteiger partial charge in [-0.3, -0.25) is 19.4 Å². The number of nitrogens with one attached hydrogen (secondary N) is 2. The molecule has 4 rings (SSSR count). The molecule has 29 heavy (non-hydrogen) atoms. The number of para-hydroxylation sites is 1. The van der Waals surface area contributed by atoms with Gasteiger partial charge in [-0.15, -0.1) is 0 Å². The van der Waals surface area contributed by atoms with E-state index in [0.29, 0.717) is 11.4 Å². The highest BCUT2D eigenvalue weighted by atomic mass is 16.5. The van der Waals surface area contributed by atoms with Gasteiger partial charge in [-0.25, -0.2) is 0 Å². The molecule has 2 aromatic heterocycles. The lowest BCUT2D eigenvalue weighted by Gasteiger charge is -2.16. The molecule has 146 valence electrons. The Labute approximate surface area is 166 Å². The number of aromatic amines is 1. The van der Waals surface area contributed by atoms with E-state index in [0.717, 1.165) is 16.5 Å². The number of hydrogen-bond acceptors (Lipinski definition) is 5. The number of benzene rings is 2. The van der Waals surface area contributed by atoms with Crippen LogP contribution in [0.15, 0.2) is 67.0 Å². The van der Waals surface area contributed by atoms with Gasteiger partial charge in [0.05, 0.1) is 37.0 Å². The summed E-state index contributed by atoms with van der Waals surface area (Å²) in [5.41, 5.74) is 2.52. The SMILES string of the molecule is COC(=O)CC(c1ccccc1)n1cc(NC(=O)c2n[nH]c3ccccc23)cn1. The Balaban J connectivity index is 1.57. The van der Waals surface area contributed by atoms with Crippen LogP contribution in [-0.4, -0.2) is 39.0 Å². The van der Waals surface area contributed by atoms with Crippen LogP contribution in [0.25, 0.3) is 10.9 Å². The molecule has 0 spiro atoms. The van der Waals surface area contributed by atoms with Crippen LogP contribution in [0.2, 0.25) is 0 Å². The normalized spacial score (nSPS) is 11.9. The average Bonchev–Trinajstić information content (AvgIpc) is 3.39. The number of carbonyl (C=O) groups excluding carboxylic acids is 2. The van der Waals surface area contributed by atoms with Gasteiger partial charge in [-0.05, 0) is 11.6 Å². The first-order valence-electron chi connectivity index (χ1n) is 9.06. The summed E-state index contributed by atoms with van der Waals surface area (Å²) in [6.07, 6.45) is 3.35. The number of methoxy groups -OCH3 is 1. The van der Waals surface area contributed by atoms with Crippen molar-refractivity contribution in [2.75, 3.05) is 12.4 Å². The number of anilines is 1. The minimum absolute atomic E-state index is 0.125. The number of esters is 1. The predicted molar refractivity (Wildman–Crippen MR) is 107 cm³/mol. The Hall–Kier alpha value is -3.94. The van der Waals surface area contributed by atoms with Gasteiger partial charge in [0.15, 0.2) is 5.69 Å². The van der Waals surface area contributed by atoms with E-state index < -0.39 is 0 Å². The van der Waals surface area contributed by atoms with Gasteiger partial charge in [0, 0.05) is 11.6 Å². The van der Waals surface area contributed by atoms with E-state index in [2.05, 4.69) is 20.6 Å². The fourth-order valence-corrected chi connectivity index (χ4v) is 3.18. The van der Waals surface area contributed by atoms with Crippen LogP contribution < -0.4 is 5.32 Å². The zero-order chi connectivity index (χ0) is 20.2. The third kappa shape index (κ3) is 3.86. The summed E-state index contributed by atoms with van der Waals surface area (Å²) in [5.74, 6) is -0.686. The average molecular weight is 389 g/mol. The van der Waals surface area contributed by atoms with Crippen molar-refractivity contribution in [1.29, 1.82) is 0 Å². The second-order valence-corrected chi connectivity index (χ2v) is 6.49. The molecule has 8 nitrogen and oxygen atoms in total. The fourth-order valence-electron chi connectivity index (χ4n) is 3.18. The first-order chi connectivity index (χ1) is 14.2. The number of amides is 1. The minimum Gasteiger partial charge on any atom is -0.469 e. The second kappa shape index (κ2) is 7.97. The van der Waals surface area contributed by atoms with Gasteiger partial charge >= 0.3 is 5.97 Å². The molecule has 0 saturated heterocycles. The molecular formula is C21H19N5O3. The minimum atomic E-state index is -0.347. The van der Waals surface area contributed by atoms with Crippen LogP contribution in [0.5, 0.6) is 0 Å². The van der Waals surface area contributed by atoms with E-state index in [-0.39, 0.29) is 24.3 Å². The number of hydrogen-bond donors (Lipinski definition) is 2. The van der Waals surface area contributed by atoms with Gasteiger partial charge in [0.1, 0.15) is 0 Å². The Morgan fingerprint density at radius 2 is 1.90 bits per heavy atom. The number of H-pyrrole nitrogens is 1. The zero-order valence-corrected chi connectivity index (χ0v) is 15.7. The van der Waals surface area contributed by atoms with Crippen molar-refractivity contribution >= 4 is 28.5 Å². The van der Waals surface area contributed by atoms with Crippen LogP contribution in [0, 0.1) is 0 Å². The van der Waals surface area contributed by atoms with E-state index >= 15 is 0 Å². The van der Waals surface area contributed by atoms with E-state index in [1.807, 2.05) is 54.6 Å². The van der Waals surface area contributed by atoms with E-state index in [1.54, 1.807) is 17.1 Å². The molecule has 4 aromatic rings. The van der Waals surface area contributed by atoms with Crippen molar-refractivity contribution in [3.8, 4) is 0 Å². The van der Waals surface area contributed by atoms with Crippen molar-refractivity contribution in [1.82, 2.24) is 20.0 Å². The van der Waals surface area contributed by atoms with Crippen molar-refractivity contribution in [2.24, 2.45) is 0 Å².